The number of hydrogen-bond donors (Lipinski definition) is 3. The number of benzene rings is 1. The summed E-state index contributed by atoms with van der Waals surface area (Å²) in [7, 11) is 1.65. The van der Waals surface area contributed by atoms with E-state index in [1.54, 1.807) is 7.11 Å². The Bertz CT molecular complexity index is 523. The highest BCUT2D eigenvalue weighted by Crippen LogP contribution is 2.10. The number of halogens is 1. The maximum Gasteiger partial charge on any atom is 0.246 e. The van der Waals surface area contributed by atoms with Gasteiger partial charge in [0, 0.05) is 25.4 Å². The topological polar surface area (TPSA) is 74.8 Å². The van der Waals surface area contributed by atoms with Gasteiger partial charge in [0.25, 0.3) is 0 Å². The van der Waals surface area contributed by atoms with Crippen LogP contribution >= 0.6 is 24.0 Å². The number of carbonyl (C=O) groups is 1. The van der Waals surface area contributed by atoms with Crippen molar-refractivity contribution in [3.63, 3.8) is 0 Å². The number of aliphatic imine (C=N–C) groups is 1. The molecule has 24 heavy (non-hydrogen) atoms. The molecule has 0 aliphatic heterocycles. The van der Waals surface area contributed by atoms with Gasteiger partial charge in [-0.1, -0.05) is 19.1 Å². The molecule has 7 heteroatoms. The lowest BCUT2D eigenvalue weighted by molar-refractivity contribution is -0.114. The zero-order valence-corrected chi connectivity index (χ0v) is 17.2. The van der Waals surface area contributed by atoms with Crippen molar-refractivity contribution in [2.45, 2.75) is 33.2 Å². The van der Waals surface area contributed by atoms with Crippen LogP contribution in [-0.4, -0.2) is 44.7 Å². The average molecular weight is 448 g/mol. The van der Waals surface area contributed by atoms with E-state index in [1.807, 2.05) is 38.1 Å². The van der Waals surface area contributed by atoms with E-state index in [0.29, 0.717) is 12.6 Å². The van der Waals surface area contributed by atoms with Crippen molar-refractivity contribution in [1.29, 1.82) is 0 Å². The van der Waals surface area contributed by atoms with Crippen molar-refractivity contribution in [3.8, 4) is 0 Å². The number of amides is 1. The first-order valence-electron chi connectivity index (χ1n) is 8.01. The van der Waals surface area contributed by atoms with Crippen molar-refractivity contribution in [3.05, 3.63) is 29.8 Å². The number of nitrogens with one attached hydrogen (secondary N) is 3. The van der Waals surface area contributed by atoms with Crippen LogP contribution in [0.1, 0.15) is 26.3 Å². The molecule has 136 valence electrons. The lowest BCUT2D eigenvalue weighted by Gasteiger charge is -2.16. The summed E-state index contributed by atoms with van der Waals surface area (Å²) in [5, 5.41) is 9.17. The number of nitrogens with zero attached hydrogens (tertiary/aromatic N) is 1. The minimum Gasteiger partial charge on any atom is -0.383 e. The molecule has 0 aromatic heterocycles. The predicted molar refractivity (Wildman–Crippen MR) is 110 cm³/mol. The molecule has 1 rings (SSSR count). The zero-order chi connectivity index (χ0) is 17.1. The smallest absolute Gasteiger partial charge is 0.246 e. The number of rotatable bonds is 8. The maximum atomic E-state index is 12.0. The van der Waals surface area contributed by atoms with E-state index in [4.69, 9.17) is 4.74 Å². The molecule has 0 aliphatic carbocycles. The van der Waals surface area contributed by atoms with Crippen LogP contribution in [0.5, 0.6) is 0 Å². The molecular formula is C17H29IN4O2. The SMILES string of the molecule is CCNC(=NCC(=O)Nc1cccc(CC)c1)NC(C)COC.I. The van der Waals surface area contributed by atoms with E-state index in [2.05, 4.69) is 27.9 Å². The third kappa shape index (κ3) is 9.07. The van der Waals surface area contributed by atoms with Crippen LogP contribution < -0.4 is 16.0 Å². The van der Waals surface area contributed by atoms with Gasteiger partial charge < -0.3 is 20.7 Å². The number of methoxy groups -OCH3 is 1. The molecule has 3 N–H and O–H groups in total. The first kappa shape index (κ1) is 22.6. The van der Waals surface area contributed by atoms with Crippen LogP contribution in [0.25, 0.3) is 0 Å². The Balaban J connectivity index is 0.00000529. The van der Waals surface area contributed by atoms with Crippen molar-refractivity contribution in [2.75, 3.05) is 32.1 Å². The highest BCUT2D eigenvalue weighted by atomic mass is 127. The van der Waals surface area contributed by atoms with Gasteiger partial charge >= 0.3 is 0 Å². The number of carbonyl (C=O) groups excluding carboxylic acids is 1. The fourth-order valence-electron chi connectivity index (χ4n) is 2.07. The van der Waals surface area contributed by atoms with Gasteiger partial charge in [0.15, 0.2) is 5.96 Å². The monoisotopic (exact) mass is 448 g/mol. The highest BCUT2D eigenvalue weighted by molar-refractivity contribution is 14.0. The lowest BCUT2D eigenvalue weighted by atomic mass is 10.1. The Kier molecular flexibility index (Phi) is 12.3. The number of anilines is 1. The minimum atomic E-state index is -0.144. The summed E-state index contributed by atoms with van der Waals surface area (Å²) in [4.78, 5) is 16.3. The van der Waals surface area contributed by atoms with Gasteiger partial charge in [-0.2, -0.15) is 0 Å². The first-order chi connectivity index (χ1) is 11.1. The van der Waals surface area contributed by atoms with Crippen LogP contribution in [0.2, 0.25) is 0 Å². The molecule has 1 atom stereocenters. The van der Waals surface area contributed by atoms with Crippen LogP contribution in [0.4, 0.5) is 5.69 Å². The van der Waals surface area contributed by atoms with E-state index >= 15 is 0 Å². The minimum absolute atomic E-state index is 0. The Hall–Kier alpha value is -1.35. The Morgan fingerprint density at radius 1 is 1.33 bits per heavy atom. The third-order valence-corrected chi connectivity index (χ3v) is 3.14. The average Bonchev–Trinajstić information content (AvgIpc) is 2.53. The standard InChI is InChI=1S/C17H28N4O2.HI/c1-5-14-8-7-9-15(10-14)21-16(22)11-19-17(18-6-2)20-13(3)12-23-4;/h7-10,13H,5-6,11-12H2,1-4H3,(H,21,22)(H2,18,19,20);1H. The fraction of sp³-hybridized carbons (Fsp3) is 0.529. The van der Waals surface area contributed by atoms with E-state index in [0.717, 1.165) is 18.7 Å². The molecule has 6 nitrogen and oxygen atoms in total. The molecule has 0 spiro atoms. The molecule has 0 radical (unpaired) electrons. The van der Waals surface area contributed by atoms with Gasteiger partial charge in [0.2, 0.25) is 5.91 Å². The quantitative estimate of drug-likeness (QED) is 0.325. The normalized spacial score (nSPS) is 12.1. The predicted octanol–water partition coefficient (Wildman–Crippen LogP) is 2.40. The first-order valence-corrected chi connectivity index (χ1v) is 8.01. The molecule has 0 saturated heterocycles. The number of aryl methyl sites for hydroxylation is 1. The highest BCUT2D eigenvalue weighted by Gasteiger charge is 2.06. The summed E-state index contributed by atoms with van der Waals surface area (Å²) in [6.07, 6.45) is 0.938. The van der Waals surface area contributed by atoms with Crippen LogP contribution in [0, 0.1) is 0 Å². The van der Waals surface area contributed by atoms with Crippen LogP contribution in [0.3, 0.4) is 0 Å². The van der Waals surface area contributed by atoms with Gasteiger partial charge in [0.05, 0.1) is 6.61 Å². The second-order valence-electron chi connectivity index (χ2n) is 5.30. The molecule has 0 fully saturated rings. The van der Waals surface area contributed by atoms with E-state index in [-0.39, 0.29) is 42.5 Å². The summed E-state index contributed by atoms with van der Waals surface area (Å²) >= 11 is 0. The number of ether oxygens (including phenoxy) is 1. The zero-order valence-electron chi connectivity index (χ0n) is 14.9. The van der Waals surface area contributed by atoms with Gasteiger partial charge in [-0.05, 0) is 38.0 Å². The van der Waals surface area contributed by atoms with Gasteiger partial charge in [0.1, 0.15) is 6.54 Å². The van der Waals surface area contributed by atoms with Crippen molar-refractivity contribution >= 4 is 41.5 Å². The summed E-state index contributed by atoms with van der Waals surface area (Å²) in [6.45, 7) is 7.42. The van der Waals surface area contributed by atoms with E-state index < -0.39 is 0 Å². The second-order valence-corrected chi connectivity index (χ2v) is 5.30. The third-order valence-electron chi connectivity index (χ3n) is 3.14. The van der Waals surface area contributed by atoms with Crippen LogP contribution in [0.15, 0.2) is 29.3 Å². The summed E-state index contributed by atoms with van der Waals surface area (Å²) in [5.74, 6) is 0.462. The maximum absolute atomic E-state index is 12.0. The number of hydrogen-bond acceptors (Lipinski definition) is 3. The van der Waals surface area contributed by atoms with E-state index in [9.17, 15) is 4.79 Å². The Morgan fingerprint density at radius 2 is 2.08 bits per heavy atom. The molecule has 0 heterocycles. The summed E-state index contributed by atoms with van der Waals surface area (Å²) in [5.41, 5.74) is 1.99. The lowest BCUT2D eigenvalue weighted by Crippen LogP contribution is -2.44. The molecule has 1 amide bonds. The summed E-state index contributed by atoms with van der Waals surface area (Å²) in [6, 6.07) is 7.95. The molecule has 1 aromatic carbocycles. The van der Waals surface area contributed by atoms with Crippen molar-refractivity contribution in [1.82, 2.24) is 10.6 Å². The van der Waals surface area contributed by atoms with Gasteiger partial charge in [-0.3, -0.25) is 4.79 Å². The molecule has 1 aromatic rings. The Morgan fingerprint density at radius 3 is 2.71 bits per heavy atom. The van der Waals surface area contributed by atoms with Gasteiger partial charge in [-0.25, -0.2) is 4.99 Å². The molecule has 0 bridgehead atoms. The molecule has 0 aliphatic rings. The largest absolute Gasteiger partial charge is 0.383 e. The second kappa shape index (κ2) is 13.0. The van der Waals surface area contributed by atoms with Crippen LogP contribution in [-0.2, 0) is 16.0 Å². The molecule has 1 unspecified atom stereocenters. The van der Waals surface area contributed by atoms with Crippen molar-refractivity contribution < 1.29 is 9.53 Å². The number of guanidine groups is 1. The van der Waals surface area contributed by atoms with Gasteiger partial charge in [-0.15, -0.1) is 24.0 Å². The molecule has 0 saturated carbocycles. The van der Waals surface area contributed by atoms with E-state index in [1.165, 1.54) is 5.56 Å². The van der Waals surface area contributed by atoms with Crippen molar-refractivity contribution in [2.24, 2.45) is 4.99 Å². The summed E-state index contributed by atoms with van der Waals surface area (Å²) < 4.78 is 5.08. The Labute approximate surface area is 161 Å². The molecular weight excluding hydrogens is 419 g/mol. The fourth-order valence-corrected chi connectivity index (χ4v) is 2.07.